The number of amides is 2. The molecule has 6 nitrogen and oxygen atoms in total. The fourth-order valence-corrected chi connectivity index (χ4v) is 4.25. The minimum Gasteiger partial charge on any atom is -0.342 e. The van der Waals surface area contributed by atoms with Crippen molar-refractivity contribution in [3.63, 3.8) is 0 Å². The molecular weight excluding hydrogens is 328 g/mol. The number of hydrogen-bond donors (Lipinski definition) is 1. The zero-order valence-electron chi connectivity index (χ0n) is 16.4. The summed E-state index contributed by atoms with van der Waals surface area (Å²) < 4.78 is 0. The van der Waals surface area contributed by atoms with E-state index in [9.17, 15) is 9.59 Å². The maximum atomic E-state index is 12.9. The highest BCUT2D eigenvalue weighted by Gasteiger charge is 2.42. The van der Waals surface area contributed by atoms with E-state index in [1.54, 1.807) is 0 Å². The quantitative estimate of drug-likeness (QED) is 0.878. The lowest BCUT2D eigenvalue weighted by atomic mass is 9.73. The van der Waals surface area contributed by atoms with Gasteiger partial charge < -0.3 is 9.80 Å². The molecule has 1 atom stereocenters. The number of likely N-dealkylation sites (tertiary alicyclic amines) is 2. The minimum absolute atomic E-state index is 0.0191. The van der Waals surface area contributed by atoms with E-state index in [2.05, 4.69) is 24.0 Å². The van der Waals surface area contributed by atoms with Crippen molar-refractivity contribution in [2.75, 3.05) is 26.2 Å². The van der Waals surface area contributed by atoms with Crippen LogP contribution in [0.5, 0.6) is 0 Å². The summed E-state index contributed by atoms with van der Waals surface area (Å²) in [6, 6.07) is 1.86. The Morgan fingerprint density at radius 3 is 2.85 bits per heavy atom. The second-order valence-electron chi connectivity index (χ2n) is 8.46. The third kappa shape index (κ3) is 4.10. The second-order valence-corrected chi connectivity index (χ2v) is 8.46. The van der Waals surface area contributed by atoms with Crippen molar-refractivity contribution in [2.45, 2.75) is 59.3 Å². The largest absolute Gasteiger partial charge is 0.342 e. The van der Waals surface area contributed by atoms with Crippen molar-refractivity contribution in [1.82, 2.24) is 20.0 Å². The molecule has 2 saturated heterocycles. The van der Waals surface area contributed by atoms with Crippen LogP contribution < -0.4 is 0 Å². The van der Waals surface area contributed by atoms with Crippen LogP contribution in [0.1, 0.15) is 69.1 Å². The molecule has 2 aliphatic heterocycles. The second kappa shape index (κ2) is 7.80. The van der Waals surface area contributed by atoms with Crippen LogP contribution in [-0.4, -0.2) is 58.0 Å². The molecule has 0 aliphatic carbocycles. The number of nitrogens with zero attached hydrogens (tertiary/aromatic N) is 3. The first kappa shape index (κ1) is 18.9. The van der Waals surface area contributed by atoms with Gasteiger partial charge in [0.05, 0.1) is 0 Å². The number of piperidine rings is 2. The van der Waals surface area contributed by atoms with Gasteiger partial charge in [-0.3, -0.25) is 14.7 Å². The van der Waals surface area contributed by atoms with Gasteiger partial charge in [-0.1, -0.05) is 20.8 Å². The summed E-state index contributed by atoms with van der Waals surface area (Å²) in [5.74, 6) is 0.891. The monoisotopic (exact) mass is 360 g/mol. The van der Waals surface area contributed by atoms with Crippen LogP contribution >= 0.6 is 0 Å². The molecule has 0 bridgehead atoms. The van der Waals surface area contributed by atoms with Crippen LogP contribution in [0.2, 0.25) is 0 Å². The van der Waals surface area contributed by atoms with Crippen LogP contribution in [0.25, 0.3) is 0 Å². The molecule has 26 heavy (non-hydrogen) atoms. The molecule has 2 aliphatic rings. The normalized spacial score (nSPS) is 23.9. The molecule has 1 spiro atoms. The van der Waals surface area contributed by atoms with Crippen molar-refractivity contribution in [3.05, 3.63) is 17.5 Å². The lowest BCUT2D eigenvalue weighted by Gasteiger charge is -2.48. The summed E-state index contributed by atoms with van der Waals surface area (Å²) in [5, 5.41) is 7.13. The lowest BCUT2D eigenvalue weighted by molar-refractivity contribution is -0.139. The van der Waals surface area contributed by atoms with Gasteiger partial charge in [-0.25, -0.2) is 0 Å². The Bertz CT molecular complexity index is 654. The van der Waals surface area contributed by atoms with Gasteiger partial charge in [0.2, 0.25) is 5.91 Å². The predicted molar refractivity (Wildman–Crippen MR) is 101 cm³/mol. The SMILES string of the molecule is CCc1cc(C(=O)N2CCC[C@]3(CCC(=O)N(CCC(C)C)C3)C2)n[nH]1. The first-order chi connectivity index (χ1) is 12.4. The summed E-state index contributed by atoms with van der Waals surface area (Å²) in [5.41, 5.74) is 1.56. The minimum atomic E-state index is 0.0191. The summed E-state index contributed by atoms with van der Waals surface area (Å²) >= 11 is 0. The Labute approximate surface area is 156 Å². The van der Waals surface area contributed by atoms with Crippen molar-refractivity contribution in [3.8, 4) is 0 Å². The van der Waals surface area contributed by atoms with Crippen LogP contribution in [-0.2, 0) is 11.2 Å². The third-order valence-electron chi connectivity index (χ3n) is 5.90. The standard InChI is InChI=1S/C20H32N4O2/c1-4-16-12-17(22-21-16)19(26)24-10-5-8-20(14-24)9-6-18(25)23(13-20)11-7-15(2)3/h12,15H,4-11,13-14H2,1-3H3,(H,21,22)/t20-/m1/s1. The van der Waals surface area contributed by atoms with Crippen LogP contribution in [0.4, 0.5) is 0 Å². The first-order valence-corrected chi connectivity index (χ1v) is 10.0. The Morgan fingerprint density at radius 1 is 1.35 bits per heavy atom. The number of rotatable bonds is 5. The molecule has 2 amide bonds. The Balaban J connectivity index is 1.68. The Hall–Kier alpha value is -1.85. The molecular formula is C20H32N4O2. The maximum absolute atomic E-state index is 12.9. The number of aromatic nitrogens is 2. The van der Waals surface area contributed by atoms with Gasteiger partial charge in [-0.05, 0) is 44.1 Å². The van der Waals surface area contributed by atoms with Gasteiger partial charge in [0.25, 0.3) is 5.91 Å². The van der Waals surface area contributed by atoms with Gasteiger partial charge in [0.15, 0.2) is 0 Å². The van der Waals surface area contributed by atoms with E-state index in [0.717, 1.165) is 64.0 Å². The topological polar surface area (TPSA) is 69.3 Å². The zero-order valence-corrected chi connectivity index (χ0v) is 16.4. The third-order valence-corrected chi connectivity index (χ3v) is 5.90. The van der Waals surface area contributed by atoms with Gasteiger partial charge in [-0.15, -0.1) is 0 Å². The molecule has 3 rings (SSSR count). The number of aryl methyl sites for hydroxylation is 1. The number of carbonyl (C=O) groups excluding carboxylic acids is 2. The number of hydrogen-bond acceptors (Lipinski definition) is 3. The fourth-order valence-electron chi connectivity index (χ4n) is 4.25. The van der Waals surface area contributed by atoms with E-state index in [1.165, 1.54) is 0 Å². The van der Waals surface area contributed by atoms with Crippen molar-refractivity contribution < 1.29 is 9.59 Å². The van der Waals surface area contributed by atoms with E-state index >= 15 is 0 Å². The first-order valence-electron chi connectivity index (χ1n) is 10.0. The highest BCUT2D eigenvalue weighted by atomic mass is 16.2. The average molecular weight is 361 g/mol. The average Bonchev–Trinajstić information content (AvgIpc) is 3.11. The molecule has 3 heterocycles. The number of carbonyl (C=O) groups is 2. The van der Waals surface area contributed by atoms with E-state index in [1.807, 2.05) is 22.8 Å². The van der Waals surface area contributed by atoms with Crippen LogP contribution in [0, 0.1) is 11.3 Å². The van der Waals surface area contributed by atoms with E-state index < -0.39 is 0 Å². The smallest absolute Gasteiger partial charge is 0.274 e. The summed E-state index contributed by atoms with van der Waals surface area (Å²) in [4.78, 5) is 29.2. The number of nitrogens with one attached hydrogen (secondary N) is 1. The molecule has 2 fully saturated rings. The molecule has 144 valence electrons. The molecule has 1 aromatic rings. The van der Waals surface area contributed by atoms with Gasteiger partial charge in [-0.2, -0.15) is 5.10 Å². The van der Waals surface area contributed by atoms with Gasteiger partial charge >= 0.3 is 0 Å². The molecule has 0 radical (unpaired) electrons. The highest BCUT2D eigenvalue weighted by molar-refractivity contribution is 5.92. The molecule has 6 heteroatoms. The van der Waals surface area contributed by atoms with Crippen LogP contribution in [0.3, 0.4) is 0 Å². The number of aromatic amines is 1. The van der Waals surface area contributed by atoms with E-state index in [-0.39, 0.29) is 17.2 Å². The molecule has 1 N–H and O–H groups in total. The van der Waals surface area contributed by atoms with Crippen molar-refractivity contribution >= 4 is 11.8 Å². The lowest BCUT2D eigenvalue weighted by Crippen LogP contribution is -2.55. The van der Waals surface area contributed by atoms with Crippen LogP contribution in [0.15, 0.2) is 6.07 Å². The maximum Gasteiger partial charge on any atom is 0.274 e. The van der Waals surface area contributed by atoms with Gasteiger partial charge in [0.1, 0.15) is 5.69 Å². The molecule has 0 aromatic carbocycles. The molecule has 1 aromatic heterocycles. The Kier molecular flexibility index (Phi) is 5.68. The van der Waals surface area contributed by atoms with Gasteiger partial charge in [0, 0.05) is 43.7 Å². The number of H-pyrrole nitrogens is 1. The summed E-state index contributed by atoms with van der Waals surface area (Å²) in [6.45, 7) is 9.59. The summed E-state index contributed by atoms with van der Waals surface area (Å²) in [6.07, 6.45) is 5.50. The van der Waals surface area contributed by atoms with E-state index in [0.29, 0.717) is 18.0 Å². The van der Waals surface area contributed by atoms with Crippen molar-refractivity contribution in [2.24, 2.45) is 11.3 Å². The van der Waals surface area contributed by atoms with E-state index in [4.69, 9.17) is 0 Å². The molecule has 0 unspecified atom stereocenters. The summed E-state index contributed by atoms with van der Waals surface area (Å²) in [7, 11) is 0. The molecule has 0 saturated carbocycles. The zero-order chi connectivity index (χ0) is 18.7. The Morgan fingerprint density at radius 2 is 2.15 bits per heavy atom. The predicted octanol–water partition coefficient (Wildman–Crippen LogP) is 2.86. The highest BCUT2D eigenvalue weighted by Crippen LogP contribution is 2.39. The fraction of sp³-hybridized carbons (Fsp3) is 0.750. The van der Waals surface area contributed by atoms with Crippen molar-refractivity contribution in [1.29, 1.82) is 0 Å².